The molecular weight excluding hydrogens is 346 g/mol. The van der Waals surface area contributed by atoms with Crippen molar-refractivity contribution in [1.82, 2.24) is 15.3 Å². The fraction of sp³-hybridized carbons (Fsp3) is 0.353. The molecule has 1 aromatic carbocycles. The van der Waals surface area contributed by atoms with E-state index < -0.39 is 42.5 Å². The fourth-order valence-electron chi connectivity index (χ4n) is 3.12. The number of hydrogen-bond donors (Lipinski definition) is 2. The van der Waals surface area contributed by atoms with E-state index in [1.54, 1.807) is 0 Å². The average molecular weight is 360 g/mol. The zero-order valence-electron chi connectivity index (χ0n) is 13.4. The summed E-state index contributed by atoms with van der Waals surface area (Å²) in [6.45, 7) is 6.34. The number of halogens is 2. The first kappa shape index (κ1) is 17.7. The third-order valence-electron chi connectivity index (χ3n) is 4.38. The quantitative estimate of drug-likeness (QED) is 0.813. The SMILES string of the molecule is [C-]#[N+][C@@H]1CCC(F)(F)C1C(=O)CNC(=O)c1ncnc2ccc(O)cc12. The minimum absolute atomic E-state index is 0.0450. The number of benzene rings is 1. The lowest BCUT2D eigenvalue weighted by molar-refractivity contribution is -0.132. The summed E-state index contributed by atoms with van der Waals surface area (Å²) in [5.41, 5.74) is 0.322. The molecule has 0 spiro atoms. The molecule has 0 aliphatic heterocycles. The van der Waals surface area contributed by atoms with E-state index in [2.05, 4.69) is 20.1 Å². The summed E-state index contributed by atoms with van der Waals surface area (Å²) in [6.07, 6.45) is 0.590. The van der Waals surface area contributed by atoms with Crippen molar-refractivity contribution >= 4 is 22.6 Å². The van der Waals surface area contributed by atoms with Crippen molar-refractivity contribution < 1.29 is 23.5 Å². The minimum Gasteiger partial charge on any atom is -0.508 e. The summed E-state index contributed by atoms with van der Waals surface area (Å²) in [4.78, 5) is 35.4. The highest BCUT2D eigenvalue weighted by Crippen LogP contribution is 2.42. The first-order chi connectivity index (χ1) is 12.3. The Bertz CT molecular complexity index is 926. The third-order valence-corrected chi connectivity index (χ3v) is 4.38. The molecule has 0 radical (unpaired) electrons. The van der Waals surface area contributed by atoms with E-state index in [-0.39, 0.29) is 23.3 Å². The van der Waals surface area contributed by atoms with Crippen LogP contribution in [0.4, 0.5) is 8.78 Å². The molecule has 1 heterocycles. The molecule has 1 unspecified atom stereocenters. The highest BCUT2D eigenvalue weighted by atomic mass is 19.3. The Morgan fingerprint density at radius 3 is 2.88 bits per heavy atom. The number of aromatic hydroxyl groups is 1. The number of aromatic nitrogens is 2. The van der Waals surface area contributed by atoms with Gasteiger partial charge in [0.15, 0.2) is 11.7 Å². The van der Waals surface area contributed by atoms with Gasteiger partial charge in [0.05, 0.1) is 12.1 Å². The van der Waals surface area contributed by atoms with Gasteiger partial charge in [0.2, 0.25) is 6.04 Å². The summed E-state index contributed by atoms with van der Waals surface area (Å²) in [5.74, 6) is -6.70. The van der Waals surface area contributed by atoms with Gasteiger partial charge in [-0.05, 0) is 18.2 Å². The number of carbonyl (C=O) groups excluding carboxylic acids is 2. The standard InChI is InChI=1S/C17H14F2N4O3/c1-20-12-4-5-17(18,19)14(12)13(25)7-21-16(26)15-10-6-9(24)2-3-11(10)22-8-23-15/h2-3,6,8,12,14,24H,4-5,7H2,(H,21,26)/t12-,14?/m1/s1. The molecule has 7 nitrogen and oxygen atoms in total. The van der Waals surface area contributed by atoms with Crippen LogP contribution in [0.5, 0.6) is 5.75 Å². The Labute approximate surface area is 146 Å². The zero-order chi connectivity index (χ0) is 18.9. The van der Waals surface area contributed by atoms with Crippen molar-refractivity contribution in [3.8, 4) is 5.75 Å². The van der Waals surface area contributed by atoms with Gasteiger partial charge < -0.3 is 15.3 Å². The number of rotatable bonds is 4. The van der Waals surface area contributed by atoms with Crippen LogP contribution in [-0.4, -0.2) is 45.3 Å². The Hall–Kier alpha value is -3.15. The van der Waals surface area contributed by atoms with Gasteiger partial charge in [0.25, 0.3) is 11.8 Å². The highest BCUT2D eigenvalue weighted by molar-refractivity contribution is 6.05. The molecule has 134 valence electrons. The van der Waals surface area contributed by atoms with Gasteiger partial charge in [0.1, 0.15) is 17.8 Å². The van der Waals surface area contributed by atoms with Crippen LogP contribution >= 0.6 is 0 Å². The molecule has 2 N–H and O–H groups in total. The molecule has 1 aromatic heterocycles. The Morgan fingerprint density at radius 1 is 1.38 bits per heavy atom. The zero-order valence-corrected chi connectivity index (χ0v) is 13.4. The summed E-state index contributed by atoms with van der Waals surface area (Å²) in [5, 5.41) is 12.1. The van der Waals surface area contributed by atoms with Crippen molar-refractivity contribution in [1.29, 1.82) is 0 Å². The number of carbonyl (C=O) groups is 2. The summed E-state index contributed by atoms with van der Waals surface area (Å²) >= 11 is 0. The predicted octanol–water partition coefficient (Wildman–Crippen LogP) is 1.97. The van der Waals surface area contributed by atoms with Crippen LogP contribution < -0.4 is 5.32 Å². The number of nitrogens with zero attached hydrogens (tertiary/aromatic N) is 3. The summed E-state index contributed by atoms with van der Waals surface area (Å²) in [7, 11) is 0. The predicted molar refractivity (Wildman–Crippen MR) is 86.6 cm³/mol. The van der Waals surface area contributed by atoms with E-state index in [0.29, 0.717) is 5.52 Å². The number of Topliss-reactive ketones (excluding diaryl/α,β-unsaturated/α-hetero) is 1. The molecular formula is C17H14F2N4O3. The van der Waals surface area contributed by atoms with Crippen LogP contribution in [0.1, 0.15) is 23.3 Å². The van der Waals surface area contributed by atoms with Gasteiger partial charge in [-0.3, -0.25) is 9.59 Å². The van der Waals surface area contributed by atoms with Crippen LogP contribution in [0.15, 0.2) is 24.5 Å². The van der Waals surface area contributed by atoms with Crippen molar-refractivity contribution in [3.05, 3.63) is 41.6 Å². The van der Waals surface area contributed by atoms with Crippen molar-refractivity contribution in [2.75, 3.05) is 6.54 Å². The molecule has 0 saturated heterocycles. The number of hydrogen-bond acceptors (Lipinski definition) is 5. The van der Waals surface area contributed by atoms with Crippen LogP contribution in [-0.2, 0) is 4.79 Å². The third kappa shape index (κ3) is 3.18. The largest absolute Gasteiger partial charge is 0.508 e. The van der Waals surface area contributed by atoms with Crippen molar-refractivity contribution in [2.45, 2.75) is 24.8 Å². The second-order valence-corrected chi connectivity index (χ2v) is 6.05. The first-order valence-electron chi connectivity index (χ1n) is 7.82. The average Bonchev–Trinajstić information content (AvgIpc) is 2.93. The smallest absolute Gasteiger partial charge is 0.271 e. The van der Waals surface area contributed by atoms with Crippen LogP contribution in [0, 0.1) is 12.5 Å². The molecule has 1 fully saturated rings. The Kier molecular flexibility index (Phi) is 4.50. The van der Waals surface area contributed by atoms with Crippen molar-refractivity contribution in [3.63, 3.8) is 0 Å². The second kappa shape index (κ2) is 6.63. The van der Waals surface area contributed by atoms with Crippen LogP contribution in [0.3, 0.4) is 0 Å². The lowest BCUT2D eigenvalue weighted by Gasteiger charge is -2.17. The molecule has 9 heteroatoms. The molecule has 2 atom stereocenters. The lowest BCUT2D eigenvalue weighted by Crippen LogP contribution is -2.41. The molecule has 3 rings (SSSR count). The van der Waals surface area contributed by atoms with E-state index in [1.807, 2.05) is 0 Å². The minimum atomic E-state index is -3.25. The Morgan fingerprint density at radius 2 is 2.15 bits per heavy atom. The van der Waals surface area contributed by atoms with Gasteiger partial charge in [-0.15, -0.1) is 0 Å². The monoisotopic (exact) mass is 360 g/mol. The van der Waals surface area contributed by atoms with Crippen LogP contribution in [0.25, 0.3) is 15.7 Å². The molecule has 1 aliphatic rings. The van der Waals surface area contributed by atoms with Crippen LogP contribution in [0.2, 0.25) is 0 Å². The number of alkyl halides is 2. The number of phenols is 1. The number of amides is 1. The molecule has 26 heavy (non-hydrogen) atoms. The number of ketones is 1. The number of phenolic OH excluding ortho intramolecular Hbond substituents is 1. The van der Waals surface area contributed by atoms with Gasteiger partial charge in [-0.1, -0.05) is 0 Å². The lowest BCUT2D eigenvalue weighted by atomic mass is 9.96. The maximum absolute atomic E-state index is 13.9. The van der Waals surface area contributed by atoms with E-state index >= 15 is 0 Å². The summed E-state index contributed by atoms with van der Waals surface area (Å²) in [6, 6.07) is 3.11. The van der Waals surface area contributed by atoms with E-state index in [4.69, 9.17) is 6.57 Å². The topological polar surface area (TPSA) is 96.5 Å². The number of nitrogens with one attached hydrogen (secondary N) is 1. The highest BCUT2D eigenvalue weighted by Gasteiger charge is 2.57. The molecule has 1 aliphatic carbocycles. The van der Waals surface area contributed by atoms with E-state index in [0.717, 1.165) is 6.33 Å². The normalized spacial score (nSPS) is 21.3. The van der Waals surface area contributed by atoms with Gasteiger partial charge in [0, 0.05) is 18.2 Å². The molecule has 1 amide bonds. The fourth-order valence-corrected chi connectivity index (χ4v) is 3.12. The molecule has 2 aromatic rings. The second-order valence-electron chi connectivity index (χ2n) is 6.05. The maximum atomic E-state index is 13.9. The van der Waals surface area contributed by atoms with Gasteiger partial charge in [-0.2, -0.15) is 0 Å². The van der Waals surface area contributed by atoms with Gasteiger partial charge >= 0.3 is 0 Å². The van der Waals surface area contributed by atoms with Crippen molar-refractivity contribution in [2.24, 2.45) is 5.92 Å². The first-order valence-corrected chi connectivity index (χ1v) is 7.82. The summed E-state index contributed by atoms with van der Waals surface area (Å²) < 4.78 is 27.7. The molecule has 1 saturated carbocycles. The van der Waals surface area contributed by atoms with Gasteiger partial charge in [-0.25, -0.2) is 25.3 Å². The molecule has 0 bridgehead atoms. The van der Waals surface area contributed by atoms with E-state index in [1.165, 1.54) is 18.2 Å². The maximum Gasteiger partial charge on any atom is 0.271 e. The van der Waals surface area contributed by atoms with E-state index in [9.17, 15) is 23.5 Å². The number of fused-ring (bicyclic) bond motifs is 1. The Balaban J connectivity index is 1.76.